The van der Waals surface area contributed by atoms with Gasteiger partial charge in [0.1, 0.15) is 0 Å². The zero-order chi connectivity index (χ0) is 12.5. The molecule has 1 saturated heterocycles. The summed E-state index contributed by atoms with van der Waals surface area (Å²) in [6.07, 6.45) is -0.150. The number of aryl methyl sites for hydroxylation is 1. The minimum atomic E-state index is -0.263. The van der Waals surface area contributed by atoms with Crippen molar-refractivity contribution in [3.05, 3.63) is 11.8 Å². The Kier molecular flexibility index (Phi) is 3.46. The molecule has 1 aliphatic heterocycles. The number of hydrogen-bond donors (Lipinski definition) is 1. The van der Waals surface area contributed by atoms with Gasteiger partial charge >= 0.3 is 0 Å². The van der Waals surface area contributed by atoms with Crippen LogP contribution in [-0.4, -0.2) is 51.6 Å². The van der Waals surface area contributed by atoms with Gasteiger partial charge in [0, 0.05) is 20.0 Å². The van der Waals surface area contributed by atoms with E-state index in [1.807, 2.05) is 13.8 Å². The third-order valence-corrected chi connectivity index (χ3v) is 2.68. The lowest BCUT2D eigenvalue weighted by Gasteiger charge is -2.41. The van der Waals surface area contributed by atoms with E-state index in [-0.39, 0.29) is 18.3 Å². The van der Waals surface area contributed by atoms with Gasteiger partial charge in [0.15, 0.2) is 0 Å². The zero-order valence-corrected chi connectivity index (χ0v) is 10.5. The minimum absolute atomic E-state index is 0.0305. The Hall–Kier alpha value is -0.980. The van der Waals surface area contributed by atoms with E-state index in [9.17, 15) is 5.11 Å². The molecule has 1 unspecified atom stereocenters. The fourth-order valence-corrected chi connectivity index (χ4v) is 2.22. The highest BCUT2D eigenvalue weighted by Gasteiger charge is 2.33. The minimum Gasteiger partial charge on any atom is -0.424 e. The van der Waals surface area contributed by atoms with Gasteiger partial charge in [-0.05, 0) is 13.8 Å². The molecule has 0 bridgehead atoms. The fourth-order valence-electron chi connectivity index (χ4n) is 2.22. The van der Waals surface area contributed by atoms with E-state index >= 15 is 0 Å². The summed E-state index contributed by atoms with van der Waals surface area (Å²) >= 11 is 0. The molecule has 1 aliphatic rings. The maximum atomic E-state index is 9.21. The summed E-state index contributed by atoms with van der Waals surface area (Å²) < 4.78 is 11.1. The largest absolute Gasteiger partial charge is 0.424 e. The van der Waals surface area contributed by atoms with E-state index in [4.69, 9.17) is 9.15 Å². The first-order valence-electron chi connectivity index (χ1n) is 5.78. The molecular formula is C11H19N3O3. The van der Waals surface area contributed by atoms with Crippen LogP contribution in [-0.2, 0) is 11.3 Å². The molecule has 2 rings (SSSR count). The van der Waals surface area contributed by atoms with Gasteiger partial charge in [-0.25, -0.2) is 0 Å². The first kappa shape index (κ1) is 12.5. The van der Waals surface area contributed by atoms with Gasteiger partial charge < -0.3 is 14.3 Å². The molecule has 1 aromatic rings. The van der Waals surface area contributed by atoms with Crippen molar-refractivity contribution in [1.82, 2.24) is 15.1 Å². The third-order valence-electron chi connectivity index (χ3n) is 2.68. The summed E-state index contributed by atoms with van der Waals surface area (Å²) in [5.74, 6) is 1.18. The van der Waals surface area contributed by atoms with Crippen LogP contribution in [0.25, 0.3) is 0 Å². The predicted molar refractivity (Wildman–Crippen MR) is 60.3 cm³/mol. The Balaban J connectivity index is 2.00. The highest BCUT2D eigenvalue weighted by molar-refractivity contribution is 4.87. The van der Waals surface area contributed by atoms with Gasteiger partial charge in [0.25, 0.3) is 0 Å². The maximum absolute atomic E-state index is 9.21. The monoisotopic (exact) mass is 241 g/mol. The van der Waals surface area contributed by atoms with Crippen LogP contribution in [0.15, 0.2) is 4.42 Å². The number of aliphatic hydroxyl groups is 1. The first-order chi connectivity index (χ1) is 7.98. The molecular weight excluding hydrogens is 222 g/mol. The van der Waals surface area contributed by atoms with Crippen molar-refractivity contribution in [3.63, 3.8) is 0 Å². The Labute approximate surface area is 101 Å². The second kappa shape index (κ2) is 4.72. The number of rotatable bonds is 3. The molecule has 1 atom stereocenters. The molecule has 17 heavy (non-hydrogen) atoms. The lowest BCUT2D eigenvalue weighted by atomic mass is 10.1. The van der Waals surface area contributed by atoms with E-state index < -0.39 is 0 Å². The summed E-state index contributed by atoms with van der Waals surface area (Å²) in [5.41, 5.74) is -0.263. The zero-order valence-electron chi connectivity index (χ0n) is 10.5. The highest BCUT2D eigenvalue weighted by Crippen LogP contribution is 2.22. The molecule has 0 saturated carbocycles. The van der Waals surface area contributed by atoms with Crippen molar-refractivity contribution in [3.8, 4) is 0 Å². The number of ether oxygens (including phenoxy) is 1. The Morgan fingerprint density at radius 2 is 2.24 bits per heavy atom. The molecule has 0 radical (unpaired) electrons. The van der Waals surface area contributed by atoms with Crippen molar-refractivity contribution in [2.75, 3.05) is 19.7 Å². The van der Waals surface area contributed by atoms with Crippen LogP contribution in [0.5, 0.6) is 0 Å². The SMILES string of the molecule is Cc1nnc(CN2CC(CO)OC(C)(C)C2)o1. The van der Waals surface area contributed by atoms with Gasteiger partial charge in [0.2, 0.25) is 11.8 Å². The number of morpholine rings is 1. The van der Waals surface area contributed by atoms with Crippen LogP contribution in [0.2, 0.25) is 0 Å². The van der Waals surface area contributed by atoms with Crippen LogP contribution < -0.4 is 0 Å². The second-order valence-corrected chi connectivity index (χ2v) is 5.07. The van der Waals surface area contributed by atoms with Gasteiger partial charge in [-0.2, -0.15) is 0 Å². The predicted octanol–water partition coefficient (Wildman–Crippen LogP) is 0.350. The lowest BCUT2D eigenvalue weighted by Crippen LogP contribution is -2.53. The molecule has 96 valence electrons. The summed E-state index contributed by atoms with van der Waals surface area (Å²) in [4.78, 5) is 2.16. The Morgan fingerprint density at radius 3 is 2.82 bits per heavy atom. The molecule has 0 spiro atoms. The van der Waals surface area contributed by atoms with Crippen molar-refractivity contribution in [2.24, 2.45) is 0 Å². The normalized spacial score (nSPS) is 25.1. The Morgan fingerprint density at radius 1 is 1.47 bits per heavy atom. The van der Waals surface area contributed by atoms with Crippen LogP contribution >= 0.6 is 0 Å². The molecule has 1 fully saturated rings. The molecule has 6 heteroatoms. The van der Waals surface area contributed by atoms with Gasteiger partial charge in [0.05, 0.1) is 24.9 Å². The second-order valence-electron chi connectivity index (χ2n) is 5.07. The summed E-state index contributed by atoms with van der Waals surface area (Å²) in [6.45, 7) is 7.90. The maximum Gasteiger partial charge on any atom is 0.230 e. The van der Waals surface area contributed by atoms with Crippen molar-refractivity contribution in [1.29, 1.82) is 0 Å². The van der Waals surface area contributed by atoms with Crippen molar-refractivity contribution >= 4 is 0 Å². The summed E-state index contributed by atoms with van der Waals surface area (Å²) in [5, 5.41) is 17.0. The first-order valence-corrected chi connectivity index (χ1v) is 5.78. The van der Waals surface area contributed by atoms with E-state index in [0.29, 0.717) is 24.9 Å². The van der Waals surface area contributed by atoms with Gasteiger partial charge in [-0.3, -0.25) is 4.90 Å². The third kappa shape index (κ3) is 3.24. The van der Waals surface area contributed by atoms with E-state index in [0.717, 1.165) is 6.54 Å². The summed E-state index contributed by atoms with van der Waals surface area (Å²) in [6, 6.07) is 0. The van der Waals surface area contributed by atoms with Gasteiger partial charge in [-0.1, -0.05) is 0 Å². The lowest BCUT2D eigenvalue weighted by molar-refractivity contribution is -0.151. The van der Waals surface area contributed by atoms with Crippen LogP contribution in [0.4, 0.5) is 0 Å². The van der Waals surface area contributed by atoms with E-state index in [2.05, 4.69) is 15.1 Å². The Bertz CT molecular complexity index is 378. The van der Waals surface area contributed by atoms with Crippen LogP contribution in [0.3, 0.4) is 0 Å². The van der Waals surface area contributed by atoms with E-state index in [1.54, 1.807) is 6.92 Å². The van der Waals surface area contributed by atoms with E-state index in [1.165, 1.54) is 0 Å². The molecule has 0 aliphatic carbocycles. The molecule has 6 nitrogen and oxygen atoms in total. The number of aliphatic hydroxyl groups excluding tert-OH is 1. The quantitative estimate of drug-likeness (QED) is 0.823. The standard InChI is InChI=1S/C11H19N3O3/c1-8-12-13-10(16-8)5-14-4-9(6-15)17-11(2,3)7-14/h9,15H,4-7H2,1-3H3. The topological polar surface area (TPSA) is 71.6 Å². The summed E-state index contributed by atoms with van der Waals surface area (Å²) in [7, 11) is 0. The number of hydrogen-bond acceptors (Lipinski definition) is 6. The fraction of sp³-hybridized carbons (Fsp3) is 0.818. The molecule has 1 aromatic heterocycles. The smallest absolute Gasteiger partial charge is 0.230 e. The number of aromatic nitrogens is 2. The number of nitrogens with zero attached hydrogens (tertiary/aromatic N) is 3. The average Bonchev–Trinajstić information content (AvgIpc) is 2.61. The average molecular weight is 241 g/mol. The highest BCUT2D eigenvalue weighted by atomic mass is 16.5. The van der Waals surface area contributed by atoms with Crippen LogP contribution in [0.1, 0.15) is 25.6 Å². The van der Waals surface area contributed by atoms with Crippen LogP contribution in [0, 0.1) is 6.92 Å². The van der Waals surface area contributed by atoms with Crippen molar-refractivity contribution < 1.29 is 14.3 Å². The van der Waals surface area contributed by atoms with Gasteiger partial charge in [-0.15, -0.1) is 10.2 Å². The molecule has 2 heterocycles. The molecule has 0 amide bonds. The molecule has 0 aromatic carbocycles. The molecule has 1 N–H and O–H groups in total. The van der Waals surface area contributed by atoms with Crippen molar-refractivity contribution in [2.45, 2.75) is 39.0 Å².